The van der Waals surface area contributed by atoms with Gasteiger partial charge >= 0.3 is 0 Å². The van der Waals surface area contributed by atoms with Gasteiger partial charge in [0.15, 0.2) is 0 Å². The number of aromatic hydroxyl groups is 1. The van der Waals surface area contributed by atoms with Crippen LogP contribution in [0.15, 0.2) is 61.2 Å². The summed E-state index contributed by atoms with van der Waals surface area (Å²) in [4.78, 5) is 14.2. The van der Waals surface area contributed by atoms with Crippen LogP contribution in [0.2, 0.25) is 0 Å². The fourth-order valence-electron chi connectivity index (χ4n) is 3.13. The molecule has 24 heavy (non-hydrogen) atoms. The van der Waals surface area contributed by atoms with Gasteiger partial charge in [-0.3, -0.25) is 4.79 Å². The number of hydrogen-bond acceptors (Lipinski definition) is 2. The molecule has 0 aliphatic carbocycles. The lowest BCUT2D eigenvalue weighted by Gasteiger charge is -2.30. The number of carbonyl (C=O) groups excluding carboxylic acids is 1. The van der Waals surface area contributed by atoms with Crippen molar-refractivity contribution >= 4 is 17.7 Å². The van der Waals surface area contributed by atoms with Gasteiger partial charge in [-0.05, 0) is 36.1 Å². The Kier molecular flexibility index (Phi) is 4.80. The predicted molar refractivity (Wildman–Crippen MR) is 98.2 cm³/mol. The third-order valence-electron chi connectivity index (χ3n) is 4.31. The first kappa shape index (κ1) is 16.1. The molecule has 2 aromatic carbocycles. The van der Waals surface area contributed by atoms with E-state index in [0.717, 1.165) is 22.4 Å². The molecule has 3 heteroatoms. The molecule has 3 rings (SSSR count). The summed E-state index contributed by atoms with van der Waals surface area (Å²) in [7, 11) is 0. The summed E-state index contributed by atoms with van der Waals surface area (Å²) >= 11 is 0. The fraction of sp³-hybridized carbons (Fsp3) is 0.190. The standard InChI is InChI=1S/C21H21NO2/c1-2-7-18-17-11-14-21(24)22(19(17)12-13-20(18)23)15-6-10-16-8-4-3-5-9-16/h2-6,8-10,12-13,23H,1,7,11,14-15H2/b10-6+. The van der Waals surface area contributed by atoms with Crippen LogP contribution in [0.25, 0.3) is 6.08 Å². The number of allylic oxidation sites excluding steroid dienone is 1. The zero-order chi connectivity index (χ0) is 16.9. The third kappa shape index (κ3) is 3.25. The first-order valence-corrected chi connectivity index (χ1v) is 8.17. The average Bonchev–Trinajstić information content (AvgIpc) is 2.60. The molecule has 1 heterocycles. The number of phenolic OH excluding ortho intramolecular Hbond substituents is 1. The highest BCUT2D eigenvalue weighted by Crippen LogP contribution is 2.35. The lowest BCUT2D eigenvalue weighted by molar-refractivity contribution is -0.118. The van der Waals surface area contributed by atoms with Crippen molar-refractivity contribution in [1.82, 2.24) is 0 Å². The van der Waals surface area contributed by atoms with Crippen LogP contribution >= 0.6 is 0 Å². The molecule has 0 radical (unpaired) electrons. The number of fused-ring (bicyclic) bond motifs is 1. The smallest absolute Gasteiger partial charge is 0.227 e. The van der Waals surface area contributed by atoms with E-state index in [4.69, 9.17) is 0 Å². The molecular formula is C21H21NO2. The first-order valence-electron chi connectivity index (χ1n) is 8.17. The Morgan fingerprint density at radius 1 is 1.12 bits per heavy atom. The van der Waals surface area contributed by atoms with Gasteiger partial charge in [0, 0.05) is 24.2 Å². The molecule has 0 fully saturated rings. The van der Waals surface area contributed by atoms with E-state index in [1.54, 1.807) is 17.0 Å². The van der Waals surface area contributed by atoms with E-state index < -0.39 is 0 Å². The molecule has 1 amide bonds. The molecule has 0 bridgehead atoms. The molecule has 3 nitrogen and oxygen atoms in total. The van der Waals surface area contributed by atoms with Crippen LogP contribution < -0.4 is 4.90 Å². The van der Waals surface area contributed by atoms with Crippen LogP contribution in [-0.4, -0.2) is 17.6 Å². The monoisotopic (exact) mass is 319 g/mol. The van der Waals surface area contributed by atoms with Crippen molar-refractivity contribution in [3.05, 3.63) is 77.9 Å². The van der Waals surface area contributed by atoms with Crippen LogP contribution in [0.4, 0.5) is 5.69 Å². The van der Waals surface area contributed by atoms with E-state index in [1.165, 1.54) is 0 Å². The van der Waals surface area contributed by atoms with Crippen LogP contribution in [0.5, 0.6) is 5.75 Å². The molecule has 0 saturated heterocycles. The lowest BCUT2D eigenvalue weighted by Crippen LogP contribution is -2.35. The molecule has 0 saturated carbocycles. The van der Waals surface area contributed by atoms with Crippen molar-refractivity contribution in [2.45, 2.75) is 19.3 Å². The van der Waals surface area contributed by atoms with Crippen molar-refractivity contribution in [2.75, 3.05) is 11.4 Å². The largest absolute Gasteiger partial charge is 0.508 e. The van der Waals surface area contributed by atoms with Crippen LogP contribution in [0.3, 0.4) is 0 Å². The summed E-state index contributed by atoms with van der Waals surface area (Å²) in [5, 5.41) is 10.1. The SMILES string of the molecule is C=CCc1c(O)ccc2c1CCC(=O)N2C/C=C/c1ccccc1. The zero-order valence-corrected chi connectivity index (χ0v) is 13.6. The Hall–Kier alpha value is -2.81. The number of hydrogen-bond donors (Lipinski definition) is 1. The minimum atomic E-state index is 0.121. The summed E-state index contributed by atoms with van der Waals surface area (Å²) in [6.07, 6.45) is 7.56. The Balaban J connectivity index is 1.87. The first-order chi connectivity index (χ1) is 11.7. The van der Waals surface area contributed by atoms with E-state index >= 15 is 0 Å². The molecule has 1 aliphatic heterocycles. The molecule has 0 atom stereocenters. The Morgan fingerprint density at radius 2 is 1.92 bits per heavy atom. The predicted octanol–water partition coefficient (Wildman–Crippen LogP) is 4.11. The number of anilines is 1. The number of amides is 1. The Bertz CT molecular complexity index is 778. The number of benzene rings is 2. The maximum absolute atomic E-state index is 12.4. The third-order valence-corrected chi connectivity index (χ3v) is 4.31. The number of carbonyl (C=O) groups is 1. The quantitative estimate of drug-likeness (QED) is 0.842. The van der Waals surface area contributed by atoms with Crippen molar-refractivity contribution in [3.8, 4) is 5.75 Å². The van der Waals surface area contributed by atoms with Gasteiger partial charge in [-0.25, -0.2) is 0 Å². The van der Waals surface area contributed by atoms with Crippen molar-refractivity contribution in [2.24, 2.45) is 0 Å². The van der Waals surface area contributed by atoms with E-state index in [2.05, 4.69) is 6.58 Å². The van der Waals surface area contributed by atoms with Gasteiger partial charge in [-0.15, -0.1) is 6.58 Å². The molecule has 1 aliphatic rings. The van der Waals surface area contributed by atoms with Gasteiger partial charge in [0.05, 0.1) is 0 Å². The van der Waals surface area contributed by atoms with Crippen molar-refractivity contribution < 1.29 is 9.90 Å². The second-order valence-corrected chi connectivity index (χ2v) is 5.87. The molecule has 1 N–H and O–H groups in total. The summed E-state index contributed by atoms with van der Waals surface area (Å²) in [6.45, 7) is 4.29. The molecule has 122 valence electrons. The van der Waals surface area contributed by atoms with E-state index in [-0.39, 0.29) is 11.7 Å². The molecule has 2 aromatic rings. The maximum atomic E-state index is 12.4. The van der Waals surface area contributed by atoms with Gasteiger partial charge < -0.3 is 10.0 Å². The minimum Gasteiger partial charge on any atom is -0.508 e. The molecular weight excluding hydrogens is 298 g/mol. The fourth-order valence-corrected chi connectivity index (χ4v) is 3.13. The maximum Gasteiger partial charge on any atom is 0.227 e. The average molecular weight is 319 g/mol. The summed E-state index contributed by atoms with van der Waals surface area (Å²) in [5.41, 5.74) is 3.95. The Labute approximate surface area is 142 Å². The highest BCUT2D eigenvalue weighted by Gasteiger charge is 2.26. The summed E-state index contributed by atoms with van der Waals surface area (Å²) in [5.74, 6) is 0.401. The molecule has 0 unspecified atom stereocenters. The van der Waals surface area contributed by atoms with Crippen LogP contribution in [0, 0.1) is 0 Å². The Morgan fingerprint density at radius 3 is 2.67 bits per heavy atom. The van der Waals surface area contributed by atoms with Crippen LogP contribution in [0.1, 0.15) is 23.1 Å². The van der Waals surface area contributed by atoms with Crippen molar-refractivity contribution in [3.63, 3.8) is 0 Å². The van der Waals surface area contributed by atoms with E-state index in [1.807, 2.05) is 48.6 Å². The number of nitrogens with zero attached hydrogens (tertiary/aromatic N) is 1. The molecule has 0 aromatic heterocycles. The highest BCUT2D eigenvalue weighted by molar-refractivity contribution is 5.97. The van der Waals surface area contributed by atoms with Gasteiger partial charge in [0.2, 0.25) is 5.91 Å². The lowest BCUT2D eigenvalue weighted by atomic mass is 9.93. The van der Waals surface area contributed by atoms with Crippen LogP contribution in [-0.2, 0) is 17.6 Å². The van der Waals surface area contributed by atoms with Gasteiger partial charge in [0.1, 0.15) is 5.75 Å². The topological polar surface area (TPSA) is 40.5 Å². The normalized spacial score (nSPS) is 14.0. The van der Waals surface area contributed by atoms with Gasteiger partial charge in [0.25, 0.3) is 0 Å². The highest BCUT2D eigenvalue weighted by atomic mass is 16.3. The van der Waals surface area contributed by atoms with E-state index in [0.29, 0.717) is 25.8 Å². The number of rotatable bonds is 5. The molecule has 0 spiro atoms. The number of phenols is 1. The van der Waals surface area contributed by atoms with E-state index in [9.17, 15) is 9.90 Å². The van der Waals surface area contributed by atoms with Gasteiger partial charge in [-0.2, -0.15) is 0 Å². The van der Waals surface area contributed by atoms with Crippen molar-refractivity contribution in [1.29, 1.82) is 0 Å². The minimum absolute atomic E-state index is 0.121. The zero-order valence-electron chi connectivity index (χ0n) is 13.6. The summed E-state index contributed by atoms with van der Waals surface area (Å²) < 4.78 is 0. The summed E-state index contributed by atoms with van der Waals surface area (Å²) in [6, 6.07) is 13.5. The second-order valence-electron chi connectivity index (χ2n) is 5.87. The second kappa shape index (κ2) is 7.18. The van der Waals surface area contributed by atoms with Gasteiger partial charge in [-0.1, -0.05) is 48.6 Å².